The predicted molar refractivity (Wildman–Crippen MR) is 133 cm³/mol. The molecule has 174 valence electrons. The summed E-state index contributed by atoms with van der Waals surface area (Å²) >= 11 is 12.2. The number of carbonyl (C=O) groups is 1. The zero-order chi connectivity index (χ0) is 24.3. The Balaban J connectivity index is 1.67. The molecule has 1 atom stereocenters. The first-order valence-electron chi connectivity index (χ1n) is 10.1. The summed E-state index contributed by atoms with van der Waals surface area (Å²) in [5.41, 5.74) is 3.19. The highest BCUT2D eigenvalue weighted by Gasteiger charge is 2.18. The van der Waals surface area contributed by atoms with Gasteiger partial charge in [-0.3, -0.25) is 9.52 Å². The van der Waals surface area contributed by atoms with E-state index in [0.717, 1.165) is 11.1 Å². The van der Waals surface area contributed by atoms with Crippen molar-refractivity contribution >= 4 is 50.5 Å². The van der Waals surface area contributed by atoms with E-state index >= 15 is 0 Å². The highest BCUT2D eigenvalue weighted by molar-refractivity contribution is 7.92. The standard InChI is InChI=1S/C24H24Cl2N2O4S/c1-14-12-19(13-15(2)23(14)26)32-17(4)24(29)27-18-8-10-20(11-9-18)33(30,31)28-22-7-5-6-21(25)16(22)3/h5-13,17,28H,1-4H3,(H,27,29)/t17-/m1/s1. The molecule has 0 aromatic heterocycles. The summed E-state index contributed by atoms with van der Waals surface area (Å²) in [6, 6.07) is 14.4. The van der Waals surface area contributed by atoms with E-state index in [4.69, 9.17) is 27.9 Å². The van der Waals surface area contributed by atoms with Gasteiger partial charge < -0.3 is 10.1 Å². The lowest BCUT2D eigenvalue weighted by Crippen LogP contribution is -2.30. The predicted octanol–water partition coefficient (Wildman–Crippen LogP) is 6.13. The number of sulfonamides is 1. The van der Waals surface area contributed by atoms with Gasteiger partial charge >= 0.3 is 0 Å². The number of anilines is 2. The third kappa shape index (κ3) is 5.99. The third-order valence-electron chi connectivity index (χ3n) is 5.04. The van der Waals surface area contributed by atoms with Crippen LogP contribution >= 0.6 is 23.2 Å². The summed E-state index contributed by atoms with van der Waals surface area (Å²) < 4.78 is 33.7. The van der Waals surface area contributed by atoms with Crippen LogP contribution in [0.1, 0.15) is 23.6 Å². The number of halogens is 2. The van der Waals surface area contributed by atoms with Gasteiger partial charge in [0.25, 0.3) is 15.9 Å². The van der Waals surface area contributed by atoms with Gasteiger partial charge in [0, 0.05) is 15.7 Å². The maximum absolute atomic E-state index is 12.7. The number of rotatable bonds is 7. The Morgan fingerprint density at radius 3 is 2.18 bits per heavy atom. The van der Waals surface area contributed by atoms with Gasteiger partial charge in [-0.15, -0.1) is 0 Å². The molecule has 0 bridgehead atoms. The van der Waals surface area contributed by atoms with Crippen molar-refractivity contribution in [1.29, 1.82) is 0 Å². The second-order valence-corrected chi connectivity index (χ2v) is 10.1. The van der Waals surface area contributed by atoms with Crippen molar-refractivity contribution in [3.8, 4) is 5.75 Å². The summed E-state index contributed by atoms with van der Waals surface area (Å²) in [6.07, 6.45) is -0.777. The smallest absolute Gasteiger partial charge is 0.265 e. The molecule has 0 saturated carbocycles. The highest BCUT2D eigenvalue weighted by atomic mass is 35.5. The Bertz CT molecular complexity index is 1270. The SMILES string of the molecule is Cc1cc(O[C@H](C)C(=O)Nc2ccc(S(=O)(=O)Nc3cccc(Cl)c3C)cc2)cc(C)c1Cl. The molecule has 9 heteroatoms. The van der Waals surface area contributed by atoms with Gasteiger partial charge in [0.15, 0.2) is 6.10 Å². The normalized spacial score (nSPS) is 12.2. The monoisotopic (exact) mass is 506 g/mol. The van der Waals surface area contributed by atoms with Gasteiger partial charge in [-0.1, -0.05) is 29.3 Å². The van der Waals surface area contributed by atoms with Gasteiger partial charge in [-0.2, -0.15) is 0 Å². The molecule has 0 saturated heterocycles. The molecule has 0 aliphatic rings. The Morgan fingerprint density at radius 2 is 1.58 bits per heavy atom. The Hall–Kier alpha value is -2.74. The van der Waals surface area contributed by atoms with E-state index in [0.29, 0.717) is 32.7 Å². The maximum atomic E-state index is 12.7. The lowest BCUT2D eigenvalue weighted by molar-refractivity contribution is -0.122. The first-order chi connectivity index (χ1) is 15.5. The molecule has 0 aliphatic carbocycles. The molecule has 33 heavy (non-hydrogen) atoms. The molecule has 0 heterocycles. The van der Waals surface area contributed by atoms with Crippen LogP contribution in [0.25, 0.3) is 0 Å². The average Bonchev–Trinajstić information content (AvgIpc) is 2.75. The van der Waals surface area contributed by atoms with Gasteiger partial charge in [0.05, 0.1) is 10.6 Å². The molecule has 3 rings (SSSR count). The first kappa shape index (κ1) is 24.9. The van der Waals surface area contributed by atoms with E-state index in [1.165, 1.54) is 24.3 Å². The van der Waals surface area contributed by atoms with Gasteiger partial charge in [0.1, 0.15) is 5.75 Å². The van der Waals surface area contributed by atoms with Crippen LogP contribution < -0.4 is 14.8 Å². The van der Waals surface area contributed by atoms with Gasteiger partial charge in [0.2, 0.25) is 0 Å². The minimum Gasteiger partial charge on any atom is -0.481 e. The third-order valence-corrected chi connectivity index (χ3v) is 7.42. The highest BCUT2D eigenvalue weighted by Crippen LogP contribution is 2.27. The van der Waals surface area contributed by atoms with Crippen molar-refractivity contribution in [2.24, 2.45) is 0 Å². The summed E-state index contributed by atoms with van der Waals surface area (Å²) in [6.45, 7) is 7.09. The van der Waals surface area contributed by atoms with Gasteiger partial charge in [-0.05, 0) is 92.9 Å². The van der Waals surface area contributed by atoms with E-state index in [9.17, 15) is 13.2 Å². The molecule has 0 fully saturated rings. The molecule has 0 spiro atoms. The summed E-state index contributed by atoms with van der Waals surface area (Å²) in [4.78, 5) is 12.6. The molecule has 3 aromatic rings. The lowest BCUT2D eigenvalue weighted by atomic mass is 10.1. The van der Waals surface area contributed by atoms with Crippen molar-refractivity contribution in [1.82, 2.24) is 0 Å². The molecule has 0 unspecified atom stereocenters. The summed E-state index contributed by atoms with van der Waals surface area (Å²) in [5, 5.41) is 3.85. The molecule has 6 nitrogen and oxygen atoms in total. The number of hydrogen-bond donors (Lipinski definition) is 2. The maximum Gasteiger partial charge on any atom is 0.265 e. The minimum atomic E-state index is -3.82. The molecular weight excluding hydrogens is 483 g/mol. The number of benzene rings is 3. The zero-order valence-corrected chi connectivity index (χ0v) is 20.9. The van der Waals surface area contributed by atoms with Crippen molar-refractivity contribution in [3.05, 3.63) is 81.3 Å². The number of nitrogens with one attached hydrogen (secondary N) is 2. The number of hydrogen-bond acceptors (Lipinski definition) is 4. The number of amides is 1. The van der Waals surface area contributed by atoms with E-state index in [2.05, 4.69) is 10.0 Å². The molecule has 0 radical (unpaired) electrons. The lowest BCUT2D eigenvalue weighted by Gasteiger charge is -2.16. The van der Waals surface area contributed by atoms with Crippen molar-refractivity contribution in [3.63, 3.8) is 0 Å². The van der Waals surface area contributed by atoms with Crippen LogP contribution in [-0.2, 0) is 14.8 Å². The van der Waals surface area contributed by atoms with E-state index in [-0.39, 0.29) is 10.8 Å². The van der Waals surface area contributed by atoms with Crippen LogP contribution in [0.15, 0.2) is 59.5 Å². The average molecular weight is 507 g/mol. The van der Waals surface area contributed by atoms with Crippen LogP contribution in [0, 0.1) is 20.8 Å². The van der Waals surface area contributed by atoms with Crippen LogP contribution in [0.2, 0.25) is 10.0 Å². The second kappa shape index (κ2) is 10.0. The van der Waals surface area contributed by atoms with E-state index < -0.39 is 16.1 Å². The fourth-order valence-corrected chi connectivity index (χ4v) is 4.52. The second-order valence-electron chi connectivity index (χ2n) is 7.66. The minimum absolute atomic E-state index is 0.0521. The van der Waals surface area contributed by atoms with Crippen LogP contribution in [0.3, 0.4) is 0 Å². The Kier molecular flexibility index (Phi) is 7.57. The van der Waals surface area contributed by atoms with Crippen molar-refractivity contribution in [2.75, 3.05) is 10.0 Å². The van der Waals surface area contributed by atoms with E-state index in [1.807, 2.05) is 13.8 Å². The van der Waals surface area contributed by atoms with Crippen molar-refractivity contribution < 1.29 is 17.9 Å². The molecule has 2 N–H and O–H groups in total. The Morgan fingerprint density at radius 1 is 0.970 bits per heavy atom. The number of aryl methyl sites for hydroxylation is 2. The quantitative estimate of drug-likeness (QED) is 0.403. The zero-order valence-electron chi connectivity index (χ0n) is 18.6. The van der Waals surface area contributed by atoms with Crippen LogP contribution in [-0.4, -0.2) is 20.4 Å². The first-order valence-corrected chi connectivity index (χ1v) is 12.3. The molecule has 1 amide bonds. The van der Waals surface area contributed by atoms with Gasteiger partial charge in [-0.25, -0.2) is 8.42 Å². The van der Waals surface area contributed by atoms with Crippen LogP contribution in [0.4, 0.5) is 11.4 Å². The topological polar surface area (TPSA) is 84.5 Å². The fraction of sp³-hybridized carbons (Fsp3) is 0.208. The molecule has 0 aliphatic heterocycles. The largest absolute Gasteiger partial charge is 0.481 e. The summed E-state index contributed by atoms with van der Waals surface area (Å²) in [7, 11) is -3.82. The number of ether oxygens (including phenoxy) is 1. The van der Waals surface area contributed by atoms with Crippen LogP contribution in [0.5, 0.6) is 5.75 Å². The fourth-order valence-electron chi connectivity index (χ4n) is 3.11. The Labute approximate surface area is 203 Å². The number of carbonyl (C=O) groups excluding carboxylic acids is 1. The molecular formula is C24H24Cl2N2O4S. The van der Waals surface area contributed by atoms with Crippen molar-refractivity contribution in [2.45, 2.75) is 38.7 Å². The summed E-state index contributed by atoms with van der Waals surface area (Å²) in [5.74, 6) is 0.171. The molecule has 3 aromatic carbocycles. The van der Waals surface area contributed by atoms with E-state index in [1.54, 1.807) is 44.2 Å².